The molecule has 2 N–H and O–H groups in total. The lowest BCUT2D eigenvalue weighted by Crippen LogP contribution is -2.34. The lowest BCUT2D eigenvalue weighted by atomic mass is 10.2. The Morgan fingerprint density at radius 1 is 1.14 bits per heavy atom. The number of esters is 1. The molecule has 0 radical (unpaired) electrons. The third-order valence-corrected chi connectivity index (χ3v) is 2.53. The van der Waals surface area contributed by atoms with E-state index in [0.29, 0.717) is 0 Å². The standard InChI is InChI=1S/C13H13N5O4/c1-2-22-13(21)9-5-3-4-6-10(9)16-11(19)12(20)17-18-7-14-15-8-18/h3-8H,2H2,1H3,(H,16,19)(H,17,20). The maximum atomic E-state index is 11.8. The first-order valence-electron chi connectivity index (χ1n) is 6.35. The van der Waals surface area contributed by atoms with Gasteiger partial charge in [-0.15, -0.1) is 10.2 Å². The summed E-state index contributed by atoms with van der Waals surface area (Å²) in [4.78, 5) is 35.3. The van der Waals surface area contributed by atoms with E-state index in [0.717, 1.165) is 4.68 Å². The van der Waals surface area contributed by atoms with Crippen LogP contribution in [0.15, 0.2) is 36.9 Å². The second-order valence-corrected chi connectivity index (χ2v) is 4.03. The van der Waals surface area contributed by atoms with Crippen molar-refractivity contribution in [2.24, 2.45) is 0 Å². The van der Waals surface area contributed by atoms with Crippen LogP contribution in [0.2, 0.25) is 0 Å². The highest BCUT2D eigenvalue weighted by Gasteiger charge is 2.18. The topological polar surface area (TPSA) is 115 Å². The average molecular weight is 303 g/mol. The smallest absolute Gasteiger partial charge is 0.340 e. The normalized spacial score (nSPS) is 9.86. The number of hydrogen-bond acceptors (Lipinski definition) is 6. The van der Waals surface area contributed by atoms with Gasteiger partial charge >= 0.3 is 17.8 Å². The van der Waals surface area contributed by atoms with Crippen LogP contribution in [0.25, 0.3) is 0 Å². The Morgan fingerprint density at radius 2 is 1.82 bits per heavy atom. The van der Waals surface area contributed by atoms with E-state index in [2.05, 4.69) is 20.9 Å². The number of carbonyl (C=O) groups excluding carboxylic acids is 3. The van der Waals surface area contributed by atoms with E-state index in [1.54, 1.807) is 19.1 Å². The van der Waals surface area contributed by atoms with E-state index in [1.165, 1.54) is 24.8 Å². The molecule has 0 spiro atoms. The summed E-state index contributed by atoms with van der Waals surface area (Å²) in [6, 6.07) is 6.23. The number of benzene rings is 1. The number of amides is 2. The summed E-state index contributed by atoms with van der Waals surface area (Å²) < 4.78 is 6.01. The molecule has 0 atom stereocenters. The van der Waals surface area contributed by atoms with Crippen LogP contribution >= 0.6 is 0 Å². The summed E-state index contributed by atoms with van der Waals surface area (Å²) in [7, 11) is 0. The zero-order valence-corrected chi connectivity index (χ0v) is 11.6. The number of nitrogens with one attached hydrogen (secondary N) is 2. The average Bonchev–Trinajstić information content (AvgIpc) is 3.01. The minimum atomic E-state index is -0.939. The van der Waals surface area contributed by atoms with Crippen LogP contribution in [0.5, 0.6) is 0 Å². The fraction of sp³-hybridized carbons (Fsp3) is 0.154. The van der Waals surface area contributed by atoms with Crippen LogP contribution in [0, 0.1) is 0 Å². The van der Waals surface area contributed by atoms with Gasteiger partial charge in [-0.3, -0.25) is 15.0 Å². The molecule has 0 aliphatic rings. The first kappa shape index (κ1) is 15.2. The molecule has 0 aliphatic heterocycles. The van der Waals surface area contributed by atoms with Crippen molar-refractivity contribution >= 4 is 23.5 Å². The Kier molecular flexibility index (Phi) is 4.81. The molecule has 0 unspecified atom stereocenters. The molecule has 2 aromatic rings. The van der Waals surface area contributed by atoms with Crippen molar-refractivity contribution in [3.8, 4) is 0 Å². The molecule has 0 bridgehead atoms. The number of carbonyl (C=O) groups is 3. The van der Waals surface area contributed by atoms with Crippen LogP contribution in [0.3, 0.4) is 0 Å². The van der Waals surface area contributed by atoms with Crippen molar-refractivity contribution in [1.82, 2.24) is 14.9 Å². The van der Waals surface area contributed by atoms with Crippen LogP contribution < -0.4 is 10.7 Å². The maximum absolute atomic E-state index is 11.8. The minimum absolute atomic E-state index is 0.162. The molecule has 0 aliphatic carbocycles. The lowest BCUT2D eigenvalue weighted by Gasteiger charge is -2.10. The number of hydrogen-bond donors (Lipinski definition) is 2. The monoisotopic (exact) mass is 303 g/mol. The number of aromatic nitrogens is 3. The fourth-order valence-corrected chi connectivity index (χ4v) is 1.58. The molecule has 2 rings (SSSR count). The fourth-order valence-electron chi connectivity index (χ4n) is 1.58. The molecular formula is C13H13N5O4. The molecular weight excluding hydrogens is 290 g/mol. The molecule has 22 heavy (non-hydrogen) atoms. The Morgan fingerprint density at radius 3 is 2.50 bits per heavy atom. The first-order chi connectivity index (χ1) is 10.6. The van der Waals surface area contributed by atoms with E-state index < -0.39 is 17.8 Å². The maximum Gasteiger partial charge on any atom is 0.340 e. The van der Waals surface area contributed by atoms with E-state index in [1.807, 2.05) is 0 Å². The van der Waals surface area contributed by atoms with Crippen molar-refractivity contribution in [1.29, 1.82) is 0 Å². The first-order valence-corrected chi connectivity index (χ1v) is 6.35. The zero-order chi connectivity index (χ0) is 15.9. The van der Waals surface area contributed by atoms with Gasteiger partial charge in [0.05, 0.1) is 17.9 Å². The summed E-state index contributed by atoms with van der Waals surface area (Å²) in [6.45, 7) is 1.88. The highest BCUT2D eigenvalue weighted by Crippen LogP contribution is 2.16. The van der Waals surface area contributed by atoms with Gasteiger partial charge in [0, 0.05) is 0 Å². The molecule has 1 heterocycles. The largest absolute Gasteiger partial charge is 0.462 e. The van der Waals surface area contributed by atoms with Crippen LogP contribution in [0.4, 0.5) is 5.69 Å². The van der Waals surface area contributed by atoms with Crippen molar-refractivity contribution in [2.45, 2.75) is 6.92 Å². The predicted octanol–water partition coefficient (Wildman–Crippen LogP) is 0.164. The van der Waals surface area contributed by atoms with E-state index in [-0.39, 0.29) is 17.9 Å². The van der Waals surface area contributed by atoms with Gasteiger partial charge in [0.2, 0.25) is 0 Å². The minimum Gasteiger partial charge on any atom is -0.462 e. The Hall–Kier alpha value is -3.23. The highest BCUT2D eigenvalue weighted by atomic mass is 16.5. The summed E-state index contributed by atoms with van der Waals surface area (Å²) in [5, 5.41) is 9.32. The zero-order valence-electron chi connectivity index (χ0n) is 11.6. The molecule has 2 amide bonds. The lowest BCUT2D eigenvalue weighted by molar-refractivity contribution is -0.133. The molecule has 114 valence electrons. The van der Waals surface area contributed by atoms with Gasteiger partial charge in [0.1, 0.15) is 12.7 Å². The summed E-state index contributed by atoms with van der Waals surface area (Å²) in [6.07, 6.45) is 2.44. The van der Waals surface area contributed by atoms with Crippen LogP contribution in [-0.4, -0.2) is 39.3 Å². The van der Waals surface area contributed by atoms with Gasteiger partial charge in [-0.1, -0.05) is 12.1 Å². The van der Waals surface area contributed by atoms with E-state index >= 15 is 0 Å². The predicted molar refractivity (Wildman–Crippen MR) is 75.4 cm³/mol. The van der Waals surface area contributed by atoms with Gasteiger partial charge in [-0.05, 0) is 19.1 Å². The van der Waals surface area contributed by atoms with E-state index in [9.17, 15) is 14.4 Å². The number of para-hydroxylation sites is 1. The second kappa shape index (κ2) is 6.97. The SMILES string of the molecule is CCOC(=O)c1ccccc1NC(=O)C(=O)Nn1cnnc1. The van der Waals surface area contributed by atoms with Crippen LogP contribution in [0.1, 0.15) is 17.3 Å². The molecule has 1 aromatic carbocycles. The van der Waals surface area contributed by atoms with Gasteiger partial charge < -0.3 is 10.1 Å². The molecule has 9 heteroatoms. The van der Waals surface area contributed by atoms with Crippen LogP contribution in [-0.2, 0) is 14.3 Å². The molecule has 1 aromatic heterocycles. The Balaban J connectivity index is 2.08. The quantitative estimate of drug-likeness (QED) is 0.614. The van der Waals surface area contributed by atoms with Crippen molar-refractivity contribution < 1.29 is 19.1 Å². The van der Waals surface area contributed by atoms with Gasteiger partial charge in [0.25, 0.3) is 0 Å². The number of rotatable bonds is 4. The summed E-state index contributed by atoms with van der Waals surface area (Å²) >= 11 is 0. The Bertz CT molecular complexity index is 683. The van der Waals surface area contributed by atoms with Gasteiger partial charge in [-0.2, -0.15) is 0 Å². The second-order valence-electron chi connectivity index (χ2n) is 4.03. The molecule has 0 fully saturated rings. The third-order valence-electron chi connectivity index (χ3n) is 2.53. The summed E-state index contributed by atoms with van der Waals surface area (Å²) in [5.74, 6) is -2.46. The van der Waals surface area contributed by atoms with Gasteiger partial charge in [-0.25, -0.2) is 9.47 Å². The summed E-state index contributed by atoms with van der Waals surface area (Å²) in [5.41, 5.74) is 2.59. The van der Waals surface area contributed by atoms with Crippen molar-refractivity contribution in [3.05, 3.63) is 42.5 Å². The molecule has 0 saturated heterocycles. The highest BCUT2D eigenvalue weighted by molar-refractivity contribution is 6.42. The molecule has 9 nitrogen and oxygen atoms in total. The van der Waals surface area contributed by atoms with Crippen molar-refractivity contribution in [2.75, 3.05) is 17.3 Å². The van der Waals surface area contributed by atoms with Crippen molar-refractivity contribution in [3.63, 3.8) is 0 Å². The number of ether oxygens (including phenoxy) is 1. The third kappa shape index (κ3) is 3.66. The Labute approximate surface area is 125 Å². The van der Waals surface area contributed by atoms with E-state index in [4.69, 9.17) is 4.74 Å². The van der Waals surface area contributed by atoms with Gasteiger partial charge in [0.15, 0.2) is 0 Å². The number of anilines is 1. The number of nitrogens with zero attached hydrogens (tertiary/aromatic N) is 3. The molecule has 0 saturated carbocycles.